The van der Waals surface area contributed by atoms with Gasteiger partial charge in [-0.25, -0.2) is 9.37 Å². The second-order valence-corrected chi connectivity index (χ2v) is 4.36. The van der Waals surface area contributed by atoms with E-state index in [0.717, 1.165) is 11.3 Å². The van der Waals surface area contributed by atoms with E-state index in [1.807, 2.05) is 13.8 Å². The first-order chi connectivity index (χ1) is 9.10. The number of aryl methyl sites for hydroxylation is 1. The highest BCUT2D eigenvalue weighted by molar-refractivity contribution is 5.31. The van der Waals surface area contributed by atoms with Crippen molar-refractivity contribution in [3.8, 4) is 5.75 Å². The van der Waals surface area contributed by atoms with Crippen LogP contribution in [0.15, 0.2) is 28.8 Å². The largest absolute Gasteiger partial charge is 0.494 e. The van der Waals surface area contributed by atoms with Crippen LogP contribution in [0.5, 0.6) is 5.75 Å². The number of rotatable bonds is 5. The Morgan fingerprint density at radius 1 is 1.47 bits per heavy atom. The smallest absolute Gasteiger partial charge is 0.208 e. The van der Waals surface area contributed by atoms with Crippen LogP contribution in [0, 0.1) is 12.7 Å². The second kappa shape index (κ2) is 5.84. The van der Waals surface area contributed by atoms with Crippen molar-refractivity contribution < 1.29 is 13.5 Å². The third-order valence-corrected chi connectivity index (χ3v) is 2.90. The number of methoxy groups -OCH3 is 1. The molecule has 0 aliphatic carbocycles. The molecule has 102 valence electrons. The number of hydrogen-bond acceptors (Lipinski definition) is 4. The van der Waals surface area contributed by atoms with Gasteiger partial charge in [0.05, 0.1) is 19.9 Å². The molecule has 0 fully saturated rings. The third-order valence-electron chi connectivity index (χ3n) is 2.90. The van der Waals surface area contributed by atoms with Crippen molar-refractivity contribution in [3.05, 3.63) is 47.4 Å². The van der Waals surface area contributed by atoms with Gasteiger partial charge in [-0.05, 0) is 31.5 Å². The highest BCUT2D eigenvalue weighted by Gasteiger charge is 2.10. The van der Waals surface area contributed by atoms with E-state index < -0.39 is 0 Å². The van der Waals surface area contributed by atoms with E-state index in [1.54, 1.807) is 18.3 Å². The topological polar surface area (TPSA) is 47.3 Å². The standard InChI is InChI=1S/C14H17FN2O2/c1-9-7-17-14(19-9)8-16-10(2)11-4-5-12(15)13(6-11)18-3/h4-7,10,16H,8H2,1-3H3. The molecule has 0 radical (unpaired) electrons. The van der Waals surface area contributed by atoms with E-state index in [4.69, 9.17) is 9.15 Å². The summed E-state index contributed by atoms with van der Waals surface area (Å²) >= 11 is 0. The van der Waals surface area contributed by atoms with Crippen LogP contribution in [-0.2, 0) is 6.54 Å². The SMILES string of the molecule is COc1cc(C(C)NCc2ncc(C)o2)ccc1F. The highest BCUT2D eigenvalue weighted by Crippen LogP contribution is 2.22. The zero-order valence-corrected chi connectivity index (χ0v) is 11.2. The Bertz CT molecular complexity index is 554. The van der Waals surface area contributed by atoms with Gasteiger partial charge >= 0.3 is 0 Å². The maximum atomic E-state index is 13.3. The fourth-order valence-corrected chi connectivity index (χ4v) is 1.79. The van der Waals surface area contributed by atoms with Crippen molar-refractivity contribution in [1.29, 1.82) is 0 Å². The Morgan fingerprint density at radius 3 is 2.89 bits per heavy atom. The molecule has 0 saturated heterocycles. The van der Waals surface area contributed by atoms with Crippen molar-refractivity contribution in [2.45, 2.75) is 26.4 Å². The summed E-state index contributed by atoms with van der Waals surface area (Å²) in [7, 11) is 1.45. The van der Waals surface area contributed by atoms with E-state index >= 15 is 0 Å². The minimum atomic E-state index is -0.359. The van der Waals surface area contributed by atoms with Gasteiger partial charge in [-0.15, -0.1) is 0 Å². The van der Waals surface area contributed by atoms with Gasteiger partial charge in [-0.1, -0.05) is 6.07 Å². The lowest BCUT2D eigenvalue weighted by molar-refractivity contribution is 0.384. The molecule has 0 amide bonds. The van der Waals surface area contributed by atoms with E-state index in [9.17, 15) is 4.39 Å². The van der Waals surface area contributed by atoms with Crippen LogP contribution in [0.2, 0.25) is 0 Å². The zero-order chi connectivity index (χ0) is 13.8. The normalized spacial score (nSPS) is 12.4. The van der Waals surface area contributed by atoms with Crippen molar-refractivity contribution in [2.75, 3.05) is 7.11 Å². The number of nitrogens with one attached hydrogen (secondary N) is 1. The molecule has 1 atom stereocenters. The molecule has 0 spiro atoms. The summed E-state index contributed by atoms with van der Waals surface area (Å²) in [6.07, 6.45) is 1.68. The predicted molar refractivity (Wildman–Crippen MR) is 69.4 cm³/mol. The first kappa shape index (κ1) is 13.5. The Kier molecular flexibility index (Phi) is 4.16. The number of hydrogen-bond donors (Lipinski definition) is 1. The molecular weight excluding hydrogens is 247 g/mol. The summed E-state index contributed by atoms with van der Waals surface area (Å²) in [5, 5.41) is 3.27. The first-order valence-electron chi connectivity index (χ1n) is 6.08. The fraction of sp³-hybridized carbons (Fsp3) is 0.357. The van der Waals surface area contributed by atoms with Gasteiger partial charge in [0.15, 0.2) is 11.6 Å². The van der Waals surface area contributed by atoms with Gasteiger partial charge in [0.1, 0.15) is 5.76 Å². The van der Waals surface area contributed by atoms with Crippen LogP contribution in [0.25, 0.3) is 0 Å². The van der Waals surface area contributed by atoms with Crippen molar-refractivity contribution in [3.63, 3.8) is 0 Å². The summed E-state index contributed by atoms with van der Waals surface area (Å²) in [6, 6.07) is 4.87. The van der Waals surface area contributed by atoms with Crippen molar-refractivity contribution in [2.24, 2.45) is 0 Å². The molecule has 2 rings (SSSR count). The average molecular weight is 264 g/mol. The third kappa shape index (κ3) is 3.32. The van der Waals surface area contributed by atoms with E-state index in [2.05, 4.69) is 10.3 Å². The molecule has 1 aromatic heterocycles. The number of ether oxygens (including phenoxy) is 1. The van der Waals surface area contributed by atoms with Gasteiger partial charge in [0.25, 0.3) is 0 Å². The van der Waals surface area contributed by atoms with Crippen LogP contribution in [0.1, 0.15) is 30.2 Å². The predicted octanol–water partition coefficient (Wildman–Crippen LogP) is 2.98. The fourth-order valence-electron chi connectivity index (χ4n) is 1.79. The molecular formula is C14H17FN2O2. The summed E-state index contributed by atoms with van der Waals surface area (Å²) in [4.78, 5) is 4.12. The molecule has 0 bridgehead atoms. The Morgan fingerprint density at radius 2 is 2.26 bits per heavy atom. The van der Waals surface area contributed by atoms with Crippen LogP contribution < -0.4 is 10.1 Å². The second-order valence-electron chi connectivity index (χ2n) is 4.36. The molecule has 0 aliphatic rings. The minimum Gasteiger partial charge on any atom is -0.494 e. The summed E-state index contributed by atoms with van der Waals surface area (Å²) in [5.41, 5.74) is 0.946. The number of benzene rings is 1. The Hall–Kier alpha value is -1.88. The van der Waals surface area contributed by atoms with Crippen molar-refractivity contribution in [1.82, 2.24) is 10.3 Å². The lowest BCUT2D eigenvalue weighted by Crippen LogP contribution is -2.18. The maximum Gasteiger partial charge on any atom is 0.208 e. The van der Waals surface area contributed by atoms with E-state index in [1.165, 1.54) is 13.2 Å². The van der Waals surface area contributed by atoms with Gasteiger partial charge in [-0.3, -0.25) is 0 Å². The van der Waals surface area contributed by atoms with Crippen LogP contribution in [-0.4, -0.2) is 12.1 Å². The molecule has 4 nitrogen and oxygen atoms in total. The zero-order valence-electron chi connectivity index (χ0n) is 11.2. The quantitative estimate of drug-likeness (QED) is 0.901. The molecule has 0 saturated carbocycles. The molecule has 1 unspecified atom stereocenters. The Labute approximate surface area is 111 Å². The molecule has 5 heteroatoms. The number of nitrogens with zero attached hydrogens (tertiary/aromatic N) is 1. The van der Waals surface area contributed by atoms with E-state index in [0.29, 0.717) is 12.4 Å². The molecule has 2 aromatic rings. The first-order valence-corrected chi connectivity index (χ1v) is 6.08. The van der Waals surface area contributed by atoms with Gasteiger partial charge in [0.2, 0.25) is 5.89 Å². The number of aromatic nitrogens is 1. The molecule has 1 heterocycles. The van der Waals surface area contributed by atoms with Crippen molar-refractivity contribution >= 4 is 0 Å². The lowest BCUT2D eigenvalue weighted by Gasteiger charge is -2.14. The van der Waals surface area contributed by atoms with Crippen LogP contribution in [0.3, 0.4) is 0 Å². The molecule has 19 heavy (non-hydrogen) atoms. The molecule has 1 N–H and O–H groups in total. The Balaban J connectivity index is 2.01. The van der Waals surface area contributed by atoms with Gasteiger partial charge < -0.3 is 14.5 Å². The number of halogens is 1. The van der Waals surface area contributed by atoms with Crippen LogP contribution in [0.4, 0.5) is 4.39 Å². The molecule has 0 aliphatic heterocycles. The summed E-state index contributed by atoms with van der Waals surface area (Å²) in [6.45, 7) is 4.36. The van der Waals surface area contributed by atoms with Gasteiger partial charge in [0, 0.05) is 6.04 Å². The minimum absolute atomic E-state index is 0.0432. The summed E-state index contributed by atoms with van der Waals surface area (Å²) < 4.78 is 23.7. The average Bonchev–Trinajstić information content (AvgIpc) is 2.82. The van der Waals surface area contributed by atoms with Gasteiger partial charge in [-0.2, -0.15) is 0 Å². The highest BCUT2D eigenvalue weighted by atomic mass is 19.1. The molecule has 1 aromatic carbocycles. The number of oxazole rings is 1. The van der Waals surface area contributed by atoms with Crippen LogP contribution >= 0.6 is 0 Å². The maximum absolute atomic E-state index is 13.3. The monoisotopic (exact) mass is 264 g/mol. The summed E-state index contributed by atoms with van der Waals surface area (Å²) in [5.74, 6) is 1.31. The lowest BCUT2D eigenvalue weighted by atomic mass is 10.1. The van der Waals surface area contributed by atoms with E-state index in [-0.39, 0.29) is 17.6 Å².